The van der Waals surface area contributed by atoms with E-state index in [2.05, 4.69) is 17.4 Å². The number of aliphatic carboxylic acids is 1. The zero-order valence-electron chi connectivity index (χ0n) is 17.5. The average molecular weight is 425 g/mol. The van der Waals surface area contributed by atoms with Crippen molar-refractivity contribution >= 4 is 12.1 Å². The van der Waals surface area contributed by atoms with E-state index >= 15 is 0 Å². The largest absolute Gasteiger partial charge is 0.480 e. The molecule has 31 heavy (non-hydrogen) atoms. The molecule has 2 N–H and O–H groups in total. The molecule has 1 heterocycles. The summed E-state index contributed by atoms with van der Waals surface area (Å²) in [4.78, 5) is 24.2. The summed E-state index contributed by atoms with van der Waals surface area (Å²) in [6, 6.07) is 14.8. The summed E-state index contributed by atoms with van der Waals surface area (Å²) in [6.45, 7) is 2.32. The number of hydrogen-bond donors (Lipinski definition) is 2. The number of benzene rings is 2. The summed E-state index contributed by atoms with van der Waals surface area (Å²) < 4.78 is 16.7. The van der Waals surface area contributed by atoms with Crippen molar-refractivity contribution in [2.75, 3.05) is 13.2 Å². The van der Waals surface area contributed by atoms with Gasteiger partial charge in [-0.25, -0.2) is 9.59 Å². The van der Waals surface area contributed by atoms with Crippen LogP contribution in [-0.2, 0) is 19.0 Å². The Labute approximate surface area is 181 Å². The Kier molecular flexibility index (Phi) is 6.53. The smallest absolute Gasteiger partial charge is 0.407 e. The third-order valence-corrected chi connectivity index (χ3v) is 5.86. The predicted octanol–water partition coefficient (Wildman–Crippen LogP) is 3.91. The molecular formula is C24H27NO6. The lowest BCUT2D eigenvalue weighted by Crippen LogP contribution is -2.50. The van der Waals surface area contributed by atoms with E-state index < -0.39 is 30.5 Å². The van der Waals surface area contributed by atoms with Crippen LogP contribution in [0, 0.1) is 0 Å². The minimum atomic E-state index is -1.24. The predicted molar refractivity (Wildman–Crippen MR) is 114 cm³/mol. The zero-order chi connectivity index (χ0) is 21.8. The van der Waals surface area contributed by atoms with Gasteiger partial charge in [-0.3, -0.25) is 0 Å². The first-order chi connectivity index (χ1) is 15.0. The number of nitrogens with one attached hydrogen (secondary N) is 1. The molecule has 2 aromatic carbocycles. The van der Waals surface area contributed by atoms with E-state index in [4.69, 9.17) is 14.2 Å². The van der Waals surface area contributed by atoms with Gasteiger partial charge in [0.1, 0.15) is 6.61 Å². The van der Waals surface area contributed by atoms with Gasteiger partial charge in [-0.2, -0.15) is 0 Å². The van der Waals surface area contributed by atoms with Gasteiger partial charge in [0.05, 0.1) is 6.10 Å². The molecule has 1 aliphatic heterocycles. The standard InChI is InChI=1S/C24H27NO6/c1-15(31-21-12-6-7-13-29-21)22(23(26)27)25-24(28)30-14-20-18-10-4-2-8-16(18)17-9-3-5-11-19(17)20/h2-5,8-11,15,20-22H,6-7,12-14H2,1H3,(H,25,28)(H,26,27)/t15?,21?,22-/m0/s1. The summed E-state index contributed by atoms with van der Waals surface area (Å²) in [7, 11) is 0. The van der Waals surface area contributed by atoms with E-state index in [0.29, 0.717) is 13.0 Å². The molecule has 0 saturated carbocycles. The highest BCUT2D eigenvalue weighted by Gasteiger charge is 2.32. The number of carbonyl (C=O) groups excluding carboxylic acids is 1. The van der Waals surface area contributed by atoms with Crippen molar-refractivity contribution < 1.29 is 28.9 Å². The van der Waals surface area contributed by atoms with Crippen LogP contribution in [0.4, 0.5) is 4.79 Å². The van der Waals surface area contributed by atoms with E-state index in [1.165, 1.54) is 0 Å². The van der Waals surface area contributed by atoms with Crippen molar-refractivity contribution in [1.29, 1.82) is 0 Å². The molecule has 7 nitrogen and oxygen atoms in total. The van der Waals surface area contributed by atoms with Gasteiger partial charge < -0.3 is 24.6 Å². The minimum Gasteiger partial charge on any atom is -0.480 e. The molecule has 1 fully saturated rings. The van der Waals surface area contributed by atoms with E-state index in [-0.39, 0.29) is 12.5 Å². The number of hydrogen-bond acceptors (Lipinski definition) is 5. The van der Waals surface area contributed by atoms with Gasteiger partial charge in [0, 0.05) is 12.5 Å². The highest BCUT2D eigenvalue weighted by molar-refractivity contribution is 5.81. The number of carbonyl (C=O) groups is 2. The Morgan fingerprint density at radius 2 is 1.74 bits per heavy atom. The van der Waals surface area contributed by atoms with Crippen LogP contribution in [0.25, 0.3) is 11.1 Å². The van der Waals surface area contributed by atoms with Crippen LogP contribution in [0.2, 0.25) is 0 Å². The monoisotopic (exact) mass is 425 g/mol. The fourth-order valence-corrected chi connectivity index (χ4v) is 4.28. The van der Waals surface area contributed by atoms with Crippen molar-refractivity contribution in [1.82, 2.24) is 5.32 Å². The Balaban J connectivity index is 1.38. The Morgan fingerprint density at radius 1 is 1.10 bits per heavy atom. The normalized spacial score (nSPS) is 19.7. The van der Waals surface area contributed by atoms with Gasteiger partial charge in [0.2, 0.25) is 0 Å². The number of amides is 1. The maximum atomic E-state index is 12.5. The molecule has 0 bridgehead atoms. The van der Waals surface area contributed by atoms with Crippen molar-refractivity contribution in [3.8, 4) is 11.1 Å². The van der Waals surface area contributed by atoms with Gasteiger partial charge in [-0.1, -0.05) is 48.5 Å². The van der Waals surface area contributed by atoms with Crippen LogP contribution in [-0.4, -0.2) is 48.8 Å². The topological polar surface area (TPSA) is 94.1 Å². The molecule has 1 saturated heterocycles. The fraction of sp³-hybridized carbons (Fsp3) is 0.417. The quantitative estimate of drug-likeness (QED) is 0.699. The Bertz CT molecular complexity index is 894. The van der Waals surface area contributed by atoms with Gasteiger partial charge in [0.25, 0.3) is 0 Å². The second-order valence-corrected chi connectivity index (χ2v) is 7.92. The summed E-state index contributed by atoms with van der Waals surface area (Å²) in [5.74, 6) is -1.28. The molecule has 2 unspecified atom stereocenters. The lowest BCUT2D eigenvalue weighted by molar-refractivity contribution is -0.193. The van der Waals surface area contributed by atoms with E-state index in [9.17, 15) is 14.7 Å². The molecule has 164 valence electrons. The second-order valence-electron chi connectivity index (χ2n) is 7.92. The molecule has 4 rings (SSSR count). The zero-order valence-corrected chi connectivity index (χ0v) is 17.5. The highest BCUT2D eigenvalue weighted by Crippen LogP contribution is 2.44. The number of alkyl carbamates (subject to hydrolysis) is 1. The van der Waals surface area contributed by atoms with Crippen LogP contribution in [0.3, 0.4) is 0 Å². The van der Waals surface area contributed by atoms with Gasteiger partial charge in [-0.05, 0) is 48.4 Å². The first-order valence-electron chi connectivity index (χ1n) is 10.7. The van der Waals surface area contributed by atoms with Crippen molar-refractivity contribution in [3.63, 3.8) is 0 Å². The Hall–Kier alpha value is -2.90. The van der Waals surface area contributed by atoms with E-state index in [1.54, 1.807) is 6.92 Å². The van der Waals surface area contributed by atoms with Crippen molar-refractivity contribution in [2.24, 2.45) is 0 Å². The molecule has 0 spiro atoms. The number of fused-ring (bicyclic) bond motifs is 3. The molecular weight excluding hydrogens is 398 g/mol. The third kappa shape index (κ3) is 4.73. The van der Waals surface area contributed by atoms with Crippen LogP contribution in [0.5, 0.6) is 0 Å². The molecule has 7 heteroatoms. The first-order valence-corrected chi connectivity index (χ1v) is 10.7. The minimum absolute atomic E-state index is 0.0919. The average Bonchev–Trinajstić information content (AvgIpc) is 3.10. The van der Waals surface area contributed by atoms with Crippen LogP contribution in [0.1, 0.15) is 43.2 Å². The molecule has 1 amide bonds. The number of carboxylic acids is 1. The van der Waals surface area contributed by atoms with Gasteiger partial charge in [0.15, 0.2) is 12.3 Å². The Morgan fingerprint density at radius 3 is 2.32 bits per heavy atom. The van der Waals surface area contributed by atoms with Crippen LogP contribution >= 0.6 is 0 Å². The van der Waals surface area contributed by atoms with Gasteiger partial charge >= 0.3 is 12.1 Å². The summed E-state index contributed by atoms with van der Waals surface area (Å²) >= 11 is 0. The van der Waals surface area contributed by atoms with E-state index in [1.807, 2.05) is 36.4 Å². The van der Waals surface area contributed by atoms with Gasteiger partial charge in [-0.15, -0.1) is 0 Å². The summed E-state index contributed by atoms with van der Waals surface area (Å²) in [6.07, 6.45) is 0.649. The number of carboxylic acid groups (broad SMARTS) is 1. The second kappa shape index (κ2) is 9.49. The van der Waals surface area contributed by atoms with Crippen molar-refractivity contribution in [2.45, 2.75) is 50.5 Å². The molecule has 1 aliphatic carbocycles. The summed E-state index contributed by atoms with van der Waals surface area (Å²) in [5.41, 5.74) is 4.45. The molecule has 0 aromatic heterocycles. The van der Waals surface area contributed by atoms with Crippen LogP contribution < -0.4 is 5.32 Å². The molecule has 3 atom stereocenters. The van der Waals surface area contributed by atoms with Crippen molar-refractivity contribution in [3.05, 3.63) is 59.7 Å². The lowest BCUT2D eigenvalue weighted by Gasteiger charge is -2.29. The van der Waals surface area contributed by atoms with Crippen LogP contribution in [0.15, 0.2) is 48.5 Å². The molecule has 2 aromatic rings. The molecule has 2 aliphatic rings. The number of ether oxygens (including phenoxy) is 3. The molecule has 0 radical (unpaired) electrons. The summed E-state index contributed by atoms with van der Waals surface area (Å²) in [5, 5.41) is 12.0. The fourth-order valence-electron chi connectivity index (χ4n) is 4.28. The maximum Gasteiger partial charge on any atom is 0.407 e. The lowest BCUT2D eigenvalue weighted by atomic mass is 9.98. The first kappa shape index (κ1) is 21.3. The maximum absolute atomic E-state index is 12.5. The third-order valence-electron chi connectivity index (χ3n) is 5.86. The SMILES string of the molecule is CC(OC1CCCCO1)[C@H](NC(=O)OCC1c2ccccc2-c2ccccc21)C(=O)O. The highest BCUT2D eigenvalue weighted by atomic mass is 16.7. The van der Waals surface area contributed by atoms with E-state index in [0.717, 1.165) is 35.1 Å². The number of rotatable bonds is 7.